The summed E-state index contributed by atoms with van der Waals surface area (Å²) in [5, 5.41) is 3.46. The van der Waals surface area contributed by atoms with Gasteiger partial charge in [-0.05, 0) is 12.3 Å². The van der Waals surface area contributed by atoms with E-state index in [0.29, 0.717) is 6.04 Å². The Bertz CT molecular complexity index is 99.7. The molecule has 2 unspecified atom stereocenters. The third-order valence-electron chi connectivity index (χ3n) is 2.38. The summed E-state index contributed by atoms with van der Waals surface area (Å²) in [5.74, 6) is 0.828. The molecule has 1 aliphatic rings. The zero-order valence-electron chi connectivity index (χ0n) is 7.60. The van der Waals surface area contributed by atoms with Crippen LogP contribution in [0.4, 0.5) is 0 Å². The van der Waals surface area contributed by atoms with E-state index in [9.17, 15) is 0 Å². The maximum absolute atomic E-state index is 5.36. The van der Waals surface area contributed by atoms with Crippen molar-refractivity contribution in [1.29, 1.82) is 0 Å². The van der Waals surface area contributed by atoms with Crippen LogP contribution in [0.5, 0.6) is 0 Å². The van der Waals surface area contributed by atoms with Crippen LogP contribution in [-0.2, 0) is 4.74 Å². The monoisotopic (exact) mass is 157 g/mol. The molecule has 11 heavy (non-hydrogen) atoms. The average molecular weight is 157 g/mol. The van der Waals surface area contributed by atoms with Crippen molar-refractivity contribution in [1.82, 2.24) is 5.32 Å². The van der Waals surface area contributed by atoms with Crippen molar-refractivity contribution in [2.45, 2.75) is 32.7 Å². The molecule has 0 aromatic carbocycles. The van der Waals surface area contributed by atoms with Crippen molar-refractivity contribution in [3.8, 4) is 0 Å². The lowest BCUT2D eigenvalue weighted by molar-refractivity contribution is 0.0692. The summed E-state index contributed by atoms with van der Waals surface area (Å²) in [5.41, 5.74) is 0. The smallest absolute Gasteiger partial charge is 0.0620 e. The first kappa shape index (κ1) is 9.01. The fraction of sp³-hybridized carbons (Fsp3) is 1.00. The summed E-state index contributed by atoms with van der Waals surface area (Å²) in [4.78, 5) is 0. The number of ether oxygens (including phenoxy) is 1. The summed E-state index contributed by atoms with van der Waals surface area (Å²) in [7, 11) is 0. The minimum atomic E-state index is 0.610. The summed E-state index contributed by atoms with van der Waals surface area (Å²) in [6.07, 6.45) is 2.54. The van der Waals surface area contributed by atoms with Gasteiger partial charge in [-0.15, -0.1) is 0 Å². The second-order valence-corrected chi connectivity index (χ2v) is 3.48. The number of hydrogen-bond acceptors (Lipinski definition) is 2. The van der Waals surface area contributed by atoms with Crippen molar-refractivity contribution in [2.75, 3.05) is 19.8 Å². The van der Waals surface area contributed by atoms with Crippen molar-refractivity contribution in [2.24, 2.45) is 5.92 Å². The largest absolute Gasteiger partial charge is 0.379 e. The van der Waals surface area contributed by atoms with Gasteiger partial charge in [0.1, 0.15) is 0 Å². The van der Waals surface area contributed by atoms with Gasteiger partial charge in [-0.3, -0.25) is 0 Å². The van der Waals surface area contributed by atoms with Gasteiger partial charge < -0.3 is 10.1 Å². The van der Waals surface area contributed by atoms with E-state index in [1.165, 1.54) is 12.8 Å². The fourth-order valence-electron chi connectivity index (χ4n) is 1.42. The van der Waals surface area contributed by atoms with E-state index in [1.807, 2.05) is 0 Å². The van der Waals surface area contributed by atoms with Crippen LogP contribution in [0.15, 0.2) is 0 Å². The Kier molecular flexibility index (Phi) is 3.87. The zero-order valence-corrected chi connectivity index (χ0v) is 7.60. The van der Waals surface area contributed by atoms with Gasteiger partial charge in [0.15, 0.2) is 0 Å². The van der Waals surface area contributed by atoms with Gasteiger partial charge in [0.25, 0.3) is 0 Å². The average Bonchev–Trinajstić information content (AvgIpc) is 2.06. The summed E-state index contributed by atoms with van der Waals surface area (Å²) in [6, 6.07) is 0.610. The quantitative estimate of drug-likeness (QED) is 0.669. The van der Waals surface area contributed by atoms with Gasteiger partial charge in [0, 0.05) is 12.6 Å². The van der Waals surface area contributed by atoms with E-state index in [4.69, 9.17) is 4.74 Å². The number of rotatable bonds is 3. The molecule has 1 fully saturated rings. The number of morpholine rings is 1. The first-order valence-electron chi connectivity index (χ1n) is 4.64. The van der Waals surface area contributed by atoms with Crippen LogP contribution in [0.25, 0.3) is 0 Å². The van der Waals surface area contributed by atoms with Crippen LogP contribution in [0.1, 0.15) is 26.7 Å². The third-order valence-corrected chi connectivity index (χ3v) is 2.38. The second kappa shape index (κ2) is 4.73. The van der Waals surface area contributed by atoms with Crippen LogP contribution in [-0.4, -0.2) is 25.8 Å². The molecule has 0 aliphatic carbocycles. The maximum atomic E-state index is 5.36. The summed E-state index contributed by atoms with van der Waals surface area (Å²) in [6.45, 7) is 7.37. The standard InChI is InChI=1S/C9H19NO/c1-3-8(2)6-9-7-11-5-4-10-9/h8-10H,3-7H2,1-2H3. The number of hydrogen-bond donors (Lipinski definition) is 1. The van der Waals surface area contributed by atoms with E-state index < -0.39 is 0 Å². The van der Waals surface area contributed by atoms with Gasteiger partial charge in [-0.2, -0.15) is 0 Å². The topological polar surface area (TPSA) is 21.3 Å². The van der Waals surface area contributed by atoms with Crippen molar-refractivity contribution >= 4 is 0 Å². The highest BCUT2D eigenvalue weighted by atomic mass is 16.5. The second-order valence-electron chi connectivity index (χ2n) is 3.48. The lowest BCUT2D eigenvalue weighted by Gasteiger charge is -2.25. The van der Waals surface area contributed by atoms with Crippen molar-refractivity contribution in [3.05, 3.63) is 0 Å². The Balaban J connectivity index is 2.13. The molecule has 0 radical (unpaired) electrons. The van der Waals surface area contributed by atoms with E-state index in [0.717, 1.165) is 25.7 Å². The summed E-state index contributed by atoms with van der Waals surface area (Å²) < 4.78 is 5.36. The van der Waals surface area contributed by atoms with E-state index in [1.54, 1.807) is 0 Å². The van der Waals surface area contributed by atoms with Crippen LogP contribution >= 0.6 is 0 Å². The van der Waals surface area contributed by atoms with Crippen LogP contribution < -0.4 is 5.32 Å². The van der Waals surface area contributed by atoms with E-state index in [-0.39, 0.29) is 0 Å². The molecule has 66 valence electrons. The maximum Gasteiger partial charge on any atom is 0.0620 e. The molecule has 1 saturated heterocycles. The first-order chi connectivity index (χ1) is 5.33. The highest BCUT2D eigenvalue weighted by Gasteiger charge is 2.14. The molecule has 0 saturated carbocycles. The van der Waals surface area contributed by atoms with E-state index >= 15 is 0 Å². The molecule has 1 rings (SSSR count). The lowest BCUT2D eigenvalue weighted by Crippen LogP contribution is -2.42. The minimum absolute atomic E-state index is 0.610. The molecule has 0 spiro atoms. The highest BCUT2D eigenvalue weighted by molar-refractivity contribution is 4.71. The number of nitrogens with one attached hydrogen (secondary N) is 1. The van der Waals surface area contributed by atoms with Gasteiger partial charge in [-0.1, -0.05) is 20.3 Å². The molecular formula is C9H19NO. The Morgan fingerprint density at radius 1 is 1.64 bits per heavy atom. The molecule has 0 bridgehead atoms. The lowest BCUT2D eigenvalue weighted by atomic mass is 9.99. The molecule has 1 aliphatic heterocycles. The van der Waals surface area contributed by atoms with Crippen LogP contribution in [0.3, 0.4) is 0 Å². The molecule has 0 aromatic rings. The Labute approximate surface area is 69.3 Å². The fourth-order valence-corrected chi connectivity index (χ4v) is 1.42. The van der Waals surface area contributed by atoms with Gasteiger partial charge >= 0.3 is 0 Å². The third kappa shape index (κ3) is 3.21. The Hall–Kier alpha value is -0.0800. The zero-order chi connectivity index (χ0) is 8.10. The SMILES string of the molecule is CCC(C)CC1COCCN1. The Morgan fingerprint density at radius 2 is 2.45 bits per heavy atom. The molecule has 2 nitrogen and oxygen atoms in total. The predicted molar refractivity (Wildman–Crippen MR) is 46.7 cm³/mol. The summed E-state index contributed by atoms with van der Waals surface area (Å²) >= 11 is 0. The van der Waals surface area contributed by atoms with Crippen LogP contribution in [0, 0.1) is 5.92 Å². The molecule has 0 amide bonds. The Morgan fingerprint density at radius 3 is 3.00 bits per heavy atom. The van der Waals surface area contributed by atoms with Gasteiger partial charge in [-0.25, -0.2) is 0 Å². The molecule has 2 heteroatoms. The molecule has 1 N–H and O–H groups in total. The molecule has 1 heterocycles. The highest BCUT2D eigenvalue weighted by Crippen LogP contribution is 2.11. The first-order valence-corrected chi connectivity index (χ1v) is 4.64. The normalized spacial score (nSPS) is 28.4. The predicted octanol–water partition coefficient (Wildman–Crippen LogP) is 1.41. The van der Waals surface area contributed by atoms with Crippen molar-refractivity contribution < 1.29 is 4.74 Å². The van der Waals surface area contributed by atoms with Crippen LogP contribution in [0.2, 0.25) is 0 Å². The molecule has 0 aromatic heterocycles. The minimum Gasteiger partial charge on any atom is -0.379 e. The van der Waals surface area contributed by atoms with Crippen molar-refractivity contribution in [3.63, 3.8) is 0 Å². The van der Waals surface area contributed by atoms with E-state index in [2.05, 4.69) is 19.2 Å². The van der Waals surface area contributed by atoms with Gasteiger partial charge in [0.2, 0.25) is 0 Å². The molecule has 2 atom stereocenters. The molecular weight excluding hydrogens is 138 g/mol. The van der Waals surface area contributed by atoms with Gasteiger partial charge in [0.05, 0.1) is 13.2 Å².